The first-order valence-electron chi connectivity index (χ1n) is 10.3. The second-order valence-electron chi connectivity index (χ2n) is 7.19. The van der Waals surface area contributed by atoms with E-state index in [-0.39, 0.29) is 6.61 Å². The number of hydrogen-bond donors (Lipinski definition) is 1. The Morgan fingerprint density at radius 3 is 2.22 bits per heavy atom. The lowest BCUT2D eigenvalue weighted by Crippen LogP contribution is -2.04. The van der Waals surface area contributed by atoms with Gasteiger partial charge in [-0.25, -0.2) is 0 Å². The highest BCUT2D eigenvalue weighted by Gasteiger charge is 2.14. The molecule has 4 aromatic rings. The lowest BCUT2D eigenvalue weighted by Gasteiger charge is -2.17. The van der Waals surface area contributed by atoms with Crippen molar-refractivity contribution in [1.29, 1.82) is 0 Å². The zero-order chi connectivity index (χ0) is 22.5. The van der Waals surface area contributed by atoms with Gasteiger partial charge in [0.15, 0.2) is 11.5 Å². The molecule has 0 fully saturated rings. The van der Waals surface area contributed by atoms with E-state index in [1.54, 1.807) is 24.3 Å². The Morgan fingerprint density at radius 1 is 0.750 bits per heavy atom. The van der Waals surface area contributed by atoms with Crippen LogP contribution in [0.1, 0.15) is 18.1 Å². The van der Waals surface area contributed by atoms with Gasteiger partial charge in [0.05, 0.1) is 6.61 Å². The zero-order valence-corrected chi connectivity index (χ0v) is 19.8. The Hall–Kier alpha value is -2.59. The summed E-state index contributed by atoms with van der Waals surface area (Å²) in [6, 6.07) is 23.5. The van der Waals surface area contributed by atoms with Crippen LogP contribution in [0.5, 0.6) is 11.5 Å². The van der Waals surface area contributed by atoms with Crippen LogP contribution in [0.15, 0.2) is 72.8 Å². The minimum absolute atomic E-state index is 0.211. The van der Waals surface area contributed by atoms with Crippen LogP contribution in [-0.4, -0.2) is 6.61 Å². The molecule has 4 rings (SSSR count). The van der Waals surface area contributed by atoms with Gasteiger partial charge in [0.25, 0.3) is 0 Å². The molecule has 0 aromatic heterocycles. The van der Waals surface area contributed by atoms with Crippen LogP contribution in [0.25, 0.3) is 10.8 Å². The second kappa shape index (κ2) is 10.4. The van der Waals surface area contributed by atoms with E-state index in [0.717, 1.165) is 22.2 Å². The summed E-state index contributed by atoms with van der Waals surface area (Å²) in [5.41, 5.74) is 2.67. The molecule has 0 radical (unpaired) electrons. The standard InChI is InChI=1S/C26H22Cl3NO2/c1-2-31-25-13-18(15-30-24-12-5-8-17-7-3-4-9-19(17)24)23(29)14-26(25)32-16-20-21(27)10-6-11-22(20)28/h3-14,30H,2,15-16H2,1H3. The van der Waals surface area contributed by atoms with E-state index in [0.29, 0.717) is 39.7 Å². The van der Waals surface area contributed by atoms with Crippen molar-refractivity contribution < 1.29 is 9.47 Å². The van der Waals surface area contributed by atoms with E-state index in [1.807, 2.05) is 31.2 Å². The maximum Gasteiger partial charge on any atom is 0.163 e. The number of rotatable bonds is 8. The van der Waals surface area contributed by atoms with Crippen LogP contribution < -0.4 is 14.8 Å². The summed E-state index contributed by atoms with van der Waals surface area (Å²) >= 11 is 19.1. The van der Waals surface area contributed by atoms with Crippen LogP contribution in [0.2, 0.25) is 15.1 Å². The summed E-state index contributed by atoms with van der Waals surface area (Å²) in [6.45, 7) is 3.18. The lowest BCUT2D eigenvalue weighted by molar-refractivity contribution is 0.269. The summed E-state index contributed by atoms with van der Waals surface area (Å²) in [4.78, 5) is 0. The maximum absolute atomic E-state index is 6.60. The molecule has 0 spiro atoms. The van der Waals surface area contributed by atoms with Gasteiger partial charge in [-0.1, -0.05) is 77.3 Å². The summed E-state index contributed by atoms with van der Waals surface area (Å²) in [5.74, 6) is 1.16. The zero-order valence-electron chi connectivity index (χ0n) is 17.5. The van der Waals surface area contributed by atoms with Crippen molar-refractivity contribution in [1.82, 2.24) is 0 Å². The SMILES string of the molecule is CCOc1cc(CNc2cccc3ccccc23)c(Cl)cc1OCc1c(Cl)cccc1Cl. The minimum atomic E-state index is 0.211. The number of benzene rings is 4. The van der Waals surface area contributed by atoms with Crippen molar-refractivity contribution in [2.75, 3.05) is 11.9 Å². The number of ether oxygens (including phenoxy) is 2. The molecule has 0 aliphatic rings. The molecule has 0 heterocycles. The molecule has 0 aliphatic carbocycles. The molecule has 164 valence electrons. The first kappa shape index (κ1) is 22.6. The maximum atomic E-state index is 6.60. The van der Waals surface area contributed by atoms with Crippen LogP contribution >= 0.6 is 34.8 Å². The summed E-state index contributed by atoms with van der Waals surface area (Å²) in [5, 5.41) is 7.52. The van der Waals surface area contributed by atoms with Crippen LogP contribution in [-0.2, 0) is 13.2 Å². The van der Waals surface area contributed by atoms with Crippen molar-refractivity contribution in [3.63, 3.8) is 0 Å². The Balaban J connectivity index is 1.55. The van der Waals surface area contributed by atoms with Gasteiger partial charge in [-0.05, 0) is 42.1 Å². The topological polar surface area (TPSA) is 30.5 Å². The summed E-state index contributed by atoms with van der Waals surface area (Å²) in [6.07, 6.45) is 0. The molecule has 0 bridgehead atoms. The highest BCUT2D eigenvalue weighted by molar-refractivity contribution is 6.36. The monoisotopic (exact) mass is 485 g/mol. The molecule has 1 N–H and O–H groups in total. The van der Waals surface area contributed by atoms with Gasteiger partial charge < -0.3 is 14.8 Å². The van der Waals surface area contributed by atoms with Gasteiger partial charge in [-0.3, -0.25) is 0 Å². The van der Waals surface area contributed by atoms with Crippen molar-refractivity contribution in [3.05, 3.63) is 99.0 Å². The molecule has 0 aliphatic heterocycles. The highest BCUT2D eigenvalue weighted by atomic mass is 35.5. The minimum Gasteiger partial charge on any atom is -0.490 e. The molecule has 32 heavy (non-hydrogen) atoms. The van der Waals surface area contributed by atoms with E-state index >= 15 is 0 Å². The predicted octanol–water partition coefficient (Wildman–Crippen LogP) is 8.39. The van der Waals surface area contributed by atoms with Gasteiger partial charge in [0, 0.05) is 44.3 Å². The fraction of sp³-hybridized carbons (Fsp3) is 0.154. The van der Waals surface area contributed by atoms with Crippen molar-refractivity contribution in [3.8, 4) is 11.5 Å². The Labute approximate surface area is 202 Å². The highest BCUT2D eigenvalue weighted by Crippen LogP contribution is 2.36. The largest absolute Gasteiger partial charge is 0.490 e. The third kappa shape index (κ3) is 5.07. The fourth-order valence-corrected chi connectivity index (χ4v) is 4.21. The average molecular weight is 487 g/mol. The molecular formula is C26H22Cl3NO2. The Morgan fingerprint density at radius 2 is 1.44 bits per heavy atom. The van der Waals surface area contributed by atoms with Crippen LogP contribution in [0, 0.1) is 0 Å². The van der Waals surface area contributed by atoms with Crippen molar-refractivity contribution in [2.24, 2.45) is 0 Å². The third-order valence-electron chi connectivity index (χ3n) is 5.11. The predicted molar refractivity (Wildman–Crippen MR) is 135 cm³/mol. The summed E-state index contributed by atoms with van der Waals surface area (Å²) < 4.78 is 11.8. The number of halogens is 3. The first-order chi connectivity index (χ1) is 15.6. The molecule has 0 amide bonds. The molecule has 0 saturated carbocycles. The second-order valence-corrected chi connectivity index (χ2v) is 8.41. The van der Waals surface area contributed by atoms with Crippen molar-refractivity contribution in [2.45, 2.75) is 20.1 Å². The van der Waals surface area contributed by atoms with Gasteiger partial charge in [0.1, 0.15) is 6.61 Å². The molecule has 4 aromatic carbocycles. The smallest absolute Gasteiger partial charge is 0.163 e. The number of hydrogen-bond acceptors (Lipinski definition) is 3. The lowest BCUT2D eigenvalue weighted by atomic mass is 10.1. The molecule has 0 atom stereocenters. The molecule has 6 heteroatoms. The van der Waals surface area contributed by atoms with Gasteiger partial charge >= 0.3 is 0 Å². The Kier molecular flexibility index (Phi) is 7.31. The van der Waals surface area contributed by atoms with E-state index in [9.17, 15) is 0 Å². The van der Waals surface area contributed by atoms with Gasteiger partial charge in [0.2, 0.25) is 0 Å². The number of fused-ring (bicyclic) bond motifs is 1. The molecular weight excluding hydrogens is 465 g/mol. The molecule has 0 unspecified atom stereocenters. The first-order valence-corrected chi connectivity index (χ1v) is 11.4. The van der Waals surface area contributed by atoms with E-state index < -0.39 is 0 Å². The van der Waals surface area contributed by atoms with Crippen molar-refractivity contribution >= 4 is 51.3 Å². The number of nitrogens with one attached hydrogen (secondary N) is 1. The quantitative estimate of drug-likeness (QED) is 0.271. The molecule has 3 nitrogen and oxygen atoms in total. The summed E-state index contributed by atoms with van der Waals surface area (Å²) in [7, 11) is 0. The normalized spacial score (nSPS) is 10.9. The van der Waals surface area contributed by atoms with E-state index in [4.69, 9.17) is 44.3 Å². The van der Waals surface area contributed by atoms with E-state index in [1.165, 1.54) is 5.39 Å². The van der Waals surface area contributed by atoms with Gasteiger partial charge in [-0.15, -0.1) is 0 Å². The van der Waals surface area contributed by atoms with Crippen LogP contribution in [0.3, 0.4) is 0 Å². The molecule has 0 saturated heterocycles. The number of anilines is 1. The third-order valence-corrected chi connectivity index (χ3v) is 6.17. The average Bonchev–Trinajstić information content (AvgIpc) is 2.79. The van der Waals surface area contributed by atoms with Crippen LogP contribution in [0.4, 0.5) is 5.69 Å². The van der Waals surface area contributed by atoms with Gasteiger partial charge in [-0.2, -0.15) is 0 Å². The Bertz CT molecular complexity index is 1220. The fourth-order valence-electron chi connectivity index (χ4n) is 3.48. The van der Waals surface area contributed by atoms with E-state index in [2.05, 4.69) is 29.6 Å².